The number of allylic oxidation sites excluding steroid dienone is 12. The fourth-order valence-electron chi connectivity index (χ4n) is 2.51. The average Bonchev–Trinajstić information content (AvgIpc) is 2.56. The zero-order valence-corrected chi connectivity index (χ0v) is 12.7. The van der Waals surface area contributed by atoms with Crippen molar-refractivity contribution in [3.05, 3.63) is 91.5 Å². The van der Waals surface area contributed by atoms with Crippen molar-refractivity contribution in [3.63, 3.8) is 0 Å². The standard InChI is InChI=1S/C18H19.C2H6/c1-3-11-16(4-2)18(14-9-6-10-15-18)17-12-7-5-8-13-17;1-2/h3-4,6-7,9-15H,1-2,5,8H2;1-2H3/b16-11+;. The normalized spacial score (nSPS) is 24.5. The smallest absolute Gasteiger partial charge is 0.0450 e. The van der Waals surface area contributed by atoms with Crippen molar-refractivity contribution in [2.45, 2.75) is 26.7 Å². The molecule has 0 fully saturated rings. The summed E-state index contributed by atoms with van der Waals surface area (Å²) in [6.45, 7) is 11.8. The lowest BCUT2D eigenvalue weighted by Gasteiger charge is -2.35. The van der Waals surface area contributed by atoms with Gasteiger partial charge in [0.05, 0.1) is 0 Å². The van der Waals surface area contributed by atoms with Gasteiger partial charge in [0.1, 0.15) is 0 Å². The van der Waals surface area contributed by atoms with Gasteiger partial charge in [0.2, 0.25) is 0 Å². The van der Waals surface area contributed by atoms with Gasteiger partial charge in [-0.25, -0.2) is 0 Å². The zero-order chi connectivity index (χ0) is 14.8. The summed E-state index contributed by atoms with van der Waals surface area (Å²) >= 11 is 0. The van der Waals surface area contributed by atoms with Gasteiger partial charge in [-0.2, -0.15) is 0 Å². The van der Waals surface area contributed by atoms with Gasteiger partial charge in [0, 0.05) is 11.8 Å². The molecule has 2 rings (SSSR count). The largest absolute Gasteiger partial charge is 0.0991 e. The summed E-state index contributed by atoms with van der Waals surface area (Å²) in [5.74, 6) is 0. The van der Waals surface area contributed by atoms with Crippen LogP contribution in [0.15, 0.2) is 85.1 Å². The van der Waals surface area contributed by atoms with Crippen LogP contribution in [0, 0.1) is 11.8 Å². The molecule has 1 radical (unpaired) electrons. The van der Waals surface area contributed by atoms with Crippen LogP contribution >= 0.6 is 0 Å². The molecule has 0 saturated heterocycles. The van der Waals surface area contributed by atoms with Crippen LogP contribution in [0.1, 0.15) is 26.7 Å². The van der Waals surface area contributed by atoms with Gasteiger partial charge in [-0.3, -0.25) is 0 Å². The van der Waals surface area contributed by atoms with Gasteiger partial charge in [-0.15, -0.1) is 0 Å². The Labute approximate surface area is 124 Å². The Morgan fingerprint density at radius 1 is 1.15 bits per heavy atom. The van der Waals surface area contributed by atoms with Gasteiger partial charge in [0.15, 0.2) is 0 Å². The van der Waals surface area contributed by atoms with Crippen molar-refractivity contribution >= 4 is 0 Å². The Kier molecular flexibility index (Phi) is 6.79. The molecule has 0 N–H and O–H groups in total. The Bertz CT molecular complexity index is 480. The lowest BCUT2D eigenvalue weighted by Crippen LogP contribution is -2.24. The first-order valence-electron chi connectivity index (χ1n) is 7.37. The molecule has 1 atom stereocenters. The van der Waals surface area contributed by atoms with Crippen LogP contribution in [-0.4, -0.2) is 0 Å². The predicted molar refractivity (Wildman–Crippen MR) is 91.3 cm³/mol. The highest BCUT2D eigenvalue weighted by atomic mass is 14.4. The van der Waals surface area contributed by atoms with Crippen molar-refractivity contribution in [2.24, 2.45) is 5.41 Å². The monoisotopic (exact) mass is 265 g/mol. The molecule has 0 spiro atoms. The topological polar surface area (TPSA) is 0 Å². The maximum absolute atomic E-state index is 3.95. The van der Waals surface area contributed by atoms with Gasteiger partial charge in [-0.1, -0.05) is 87.8 Å². The summed E-state index contributed by atoms with van der Waals surface area (Å²) in [5.41, 5.74) is 2.31. The molecular formula is C20H25. The van der Waals surface area contributed by atoms with E-state index < -0.39 is 0 Å². The van der Waals surface area contributed by atoms with Gasteiger partial charge in [-0.05, 0) is 24.0 Å². The molecule has 0 bridgehead atoms. The first-order valence-corrected chi connectivity index (χ1v) is 7.37. The molecule has 2 aliphatic rings. The molecular weight excluding hydrogens is 240 g/mol. The van der Waals surface area contributed by atoms with Crippen molar-refractivity contribution in [3.8, 4) is 0 Å². The molecule has 20 heavy (non-hydrogen) atoms. The van der Waals surface area contributed by atoms with Crippen LogP contribution in [0.5, 0.6) is 0 Å². The summed E-state index contributed by atoms with van der Waals surface area (Å²) in [6.07, 6.45) is 25.5. The average molecular weight is 265 g/mol. The van der Waals surface area contributed by atoms with E-state index in [0.717, 1.165) is 18.4 Å². The maximum Gasteiger partial charge on any atom is 0.0450 e. The summed E-state index contributed by atoms with van der Waals surface area (Å²) in [7, 11) is 0. The third-order valence-corrected chi connectivity index (χ3v) is 3.41. The number of hydrogen-bond acceptors (Lipinski definition) is 0. The summed E-state index contributed by atoms with van der Waals surface area (Å²) < 4.78 is 0. The summed E-state index contributed by atoms with van der Waals surface area (Å²) in [6, 6.07) is 0. The van der Waals surface area contributed by atoms with Crippen molar-refractivity contribution in [1.29, 1.82) is 0 Å². The van der Waals surface area contributed by atoms with E-state index in [4.69, 9.17) is 0 Å². The highest BCUT2D eigenvalue weighted by Gasteiger charge is 2.33. The third-order valence-electron chi connectivity index (χ3n) is 3.41. The van der Waals surface area contributed by atoms with Gasteiger partial charge < -0.3 is 0 Å². The predicted octanol–water partition coefficient (Wildman–Crippen LogP) is 5.90. The Morgan fingerprint density at radius 3 is 2.45 bits per heavy atom. The quantitative estimate of drug-likeness (QED) is 0.555. The van der Waals surface area contributed by atoms with Crippen LogP contribution in [0.3, 0.4) is 0 Å². The van der Waals surface area contributed by atoms with Crippen LogP contribution < -0.4 is 0 Å². The molecule has 0 aromatic carbocycles. The highest BCUT2D eigenvalue weighted by Crippen LogP contribution is 2.44. The van der Waals surface area contributed by atoms with E-state index in [9.17, 15) is 0 Å². The van der Waals surface area contributed by atoms with Crippen LogP contribution in [0.2, 0.25) is 0 Å². The van der Waals surface area contributed by atoms with E-state index in [1.165, 1.54) is 5.57 Å². The molecule has 0 heteroatoms. The van der Waals surface area contributed by atoms with Crippen LogP contribution in [0.4, 0.5) is 0 Å². The molecule has 0 nitrogen and oxygen atoms in total. The minimum atomic E-state index is -0.179. The minimum absolute atomic E-state index is 0.179. The van der Waals surface area contributed by atoms with Crippen LogP contribution in [-0.2, 0) is 0 Å². The van der Waals surface area contributed by atoms with E-state index in [-0.39, 0.29) is 5.41 Å². The van der Waals surface area contributed by atoms with Gasteiger partial charge in [0.25, 0.3) is 0 Å². The maximum atomic E-state index is 3.95. The van der Waals surface area contributed by atoms with E-state index >= 15 is 0 Å². The highest BCUT2D eigenvalue weighted by molar-refractivity contribution is 5.54. The van der Waals surface area contributed by atoms with E-state index in [1.807, 2.05) is 32.1 Å². The number of hydrogen-bond donors (Lipinski definition) is 0. The molecule has 0 amide bonds. The van der Waals surface area contributed by atoms with Crippen molar-refractivity contribution < 1.29 is 0 Å². The Morgan fingerprint density at radius 2 is 1.95 bits per heavy atom. The first kappa shape index (κ1) is 16.2. The van der Waals surface area contributed by atoms with E-state index in [0.29, 0.717) is 0 Å². The van der Waals surface area contributed by atoms with Crippen LogP contribution in [0.25, 0.3) is 0 Å². The first-order chi connectivity index (χ1) is 9.83. The third kappa shape index (κ3) is 3.39. The Hall–Kier alpha value is -1.82. The molecule has 0 heterocycles. The number of rotatable bonds is 4. The lowest BCUT2D eigenvalue weighted by atomic mass is 9.68. The summed E-state index contributed by atoms with van der Waals surface area (Å²) in [5, 5.41) is 0. The fraction of sp³-hybridized carbons (Fsp3) is 0.250. The van der Waals surface area contributed by atoms with E-state index in [2.05, 4.69) is 62.1 Å². The second kappa shape index (κ2) is 8.37. The molecule has 0 aliphatic heterocycles. The molecule has 105 valence electrons. The molecule has 2 aliphatic carbocycles. The Balaban J connectivity index is 0.000000956. The second-order valence-electron chi connectivity index (χ2n) is 4.48. The van der Waals surface area contributed by atoms with E-state index in [1.54, 1.807) is 0 Å². The minimum Gasteiger partial charge on any atom is -0.0991 e. The summed E-state index contributed by atoms with van der Waals surface area (Å²) in [4.78, 5) is 0. The SMILES string of the molecule is C=C/C=C(\C=C)C1(C2=CCCC=C2)[CH]C=CC=C1.CC. The second-order valence-corrected chi connectivity index (χ2v) is 4.48. The molecule has 1 unspecified atom stereocenters. The lowest BCUT2D eigenvalue weighted by molar-refractivity contribution is 0.679. The molecule has 0 aromatic rings. The fourth-order valence-corrected chi connectivity index (χ4v) is 2.51. The zero-order valence-electron chi connectivity index (χ0n) is 12.7. The van der Waals surface area contributed by atoms with Gasteiger partial charge >= 0.3 is 0 Å². The molecule has 0 saturated carbocycles. The molecule has 0 aromatic heterocycles. The van der Waals surface area contributed by atoms with Crippen molar-refractivity contribution in [2.75, 3.05) is 0 Å². The van der Waals surface area contributed by atoms with Crippen molar-refractivity contribution in [1.82, 2.24) is 0 Å².